The Labute approximate surface area is 298 Å². The first-order valence-corrected chi connectivity index (χ1v) is 18.5. The number of carbonyl (C=O) groups is 2. The third-order valence-electron chi connectivity index (χ3n) is 10.6. The second kappa shape index (κ2) is 14.3. The standard InChI is InChI=1S/C42H55N5O3/c1-27-21-28(2)23-31(22-27)37-36(29(3)25-44-18-10-9-11-30-16-19-43-20-17-30)35-24-32(26-45-38(35)47(37)40(49)50-41(4,5)6)42(7,8)39(48)46-33-12-13-34(46)15-14-33/h16-17,19-24,26,29,33-34,44H,9-15,18,25H2,1-8H3/t29-,33?,34?/m1/s1. The molecule has 2 saturated heterocycles. The fourth-order valence-electron chi connectivity index (χ4n) is 8.15. The van der Waals surface area contributed by atoms with Crippen molar-refractivity contribution in [1.29, 1.82) is 0 Å². The van der Waals surface area contributed by atoms with Crippen molar-refractivity contribution in [2.24, 2.45) is 0 Å². The van der Waals surface area contributed by atoms with Gasteiger partial charge in [0.05, 0.1) is 11.1 Å². The summed E-state index contributed by atoms with van der Waals surface area (Å²) >= 11 is 0. The van der Waals surface area contributed by atoms with E-state index in [9.17, 15) is 9.59 Å². The van der Waals surface area contributed by atoms with Gasteiger partial charge in [0, 0.05) is 42.6 Å². The van der Waals surface area contributed by atoms with Crippen LogP contribution in [0.1, 0.15) is 114 Å². The molecule has 0 spiro atoms. The number of unbranched alkanes of at least 4 members (excludes halogenated alkanes) is 1. The molecule has 0 saturated carbocycles. The molecular weight excluding hydrogens is 622 g/mol. The molecule has 4 aromatic rings. The number of carbonyl (C=O) groups excluding carboxylic acids is 2. The molecule has 0 unspecified atom stereocenters. The Hall–Kier alpha value is -4.04. The molecule has 2 fully saturated rings. The minimum absolute atomic E-state index is 0.0301. The van der Waals surface area contributed by atoms with Gasteiger partial charge in [-0.3, -0.25) is 9.78 Å². The third kappa shape index (κ3) is 7.36. The number of amides is 1. The van der Waals surface area contributed by atoms with Gasteiger partial charge >= 0.3 is 6.09 Å². The molecule has 50 heavy (non-hydrogen) atoms. The smallest absolute Gasteiger partial charge is 0.420 e. The topological polar surface area (TPSA) is 89.4 Å². The average molecular weight is 678 g/mol. The number of rotatable bonds is 11. The van der Waals surface area contributed by atoms with Crippen LogP contribution in [0.2, 0.25) is 0 Å². The van der Waals surface area contributed by atoms with E-state index in [1.54, 1.807) is 10.8 Å². The van der Waals surface area contributed by atoms with Crippen LogP contribution in [-0.4, -0.2) is 62.2 Å². The molecule has 0 radical (unpaired) electrons. The van der Waals surface area contributed by atoms with Crippen LogP contribution in [0.25, 0.3) is 22.3 Å². The molecule has 1 aromatic carbocycles. The Bertz CT molecular complexity index is 1810. The molecule has 1 N–H and O–H groups in total. The van der Waals surface area contributed by atoms with Crippen molar-refractivity contribution in [2.75, 3.05) is 13.1 Å². The maximum atomic E-state index is 14.2. The zero-order valence-electron chi connectivity index (χ0n) is 31.3. The van der Waals surface area contributed by atoms with Crippen molar-refractivity contribution in [3.05, 3.63) is 82.8 Å². The molecule has 2 aliphatic rings. The largest absolute Gasteiger partial charge is 0.443 e. The van der Waals surface area contributed by atoms with Crippen LogP contribution in [0.5, 0.6) is 0 Å². The maximum Gasteiger partial charge on any atom is 0.420 e. The Morgan fingerprint density at radius 2 is 1.58 bits per heavy atom. The van der Waals surface area contributed by atoms with E-state index in [4.69, 9.17) is 9.72 Å². The summed E-state index contributed by atoms with van der Waals surface area (Å²) in [5.74, 6) is 0.204. The molecule has 5 heterocycles. The van der Waals surface area contributed by atoms with Crippen LogP contribution >= 0.6 is 0 Å². The second-order valence-electron chi connectivity index (χ2n) is 16.3. The number of fused-ring (bicyclic) bond motifs is 3. The fraction of sp³-hybridized carbons (Fsp3) is 0.524. The minimum Gasteiger partial charge on any atom is -0.443 e. The highest BCUT2D eigenvalue weighted by Crippen LogP contribution is 2.43. The lowest BCUT2D eigenvalue weighted by Crippen LogP contribution is -2.46. The molecule has 2 bridgehead atoms. The number of pyridine rings is 2. The number of nitrogens with one attached hydrogen (secondary N) is 1. The lowest BCUT2D eigenvalue weighted by Gasteiger charge is -2.32. The van der Waals surface area contributed by atoms with Gasteiger partial charge in [-0.05, 0) is 158 Å². The van der Waals surface area contributed by atoms with Crippen LogP contribution in [0.15, 0.2) is 55.0 Å². The molecule has 1 atom stereocenters. The summed E-state index contributed by atoms with van der Waals surface area (Å²) in [6.45, 7) is 17.7. The quantitative estimate of drug-likeness (QED) is 0.160. The van der Waals surface area contributed by atoms with Gasteiger partial charge in [-0.1, -0.05) is 24.1 Å². The normalized spacial score (nSPS) is 18.2. The molecule has 3 aromatic heterocycles. The Balaban J connectivity index is 1.40. The zero-order valence-corrected chi connectivity index (χ0v) is 31.3. The molecule has 1 amide bonds. The summed E-state index contributed by atoms with van der Waals surface area (Å²) in [6.07, 6.45) is 12.6. The van der Waals surface area contributed by atoms with Gasteiger partial charge in [0.15, 0.2) is 0 Å². The first-order valence-electron chi connectivity index (χ1n) is 18.5. The molecule has 6 rings (SSSR count). The highest BCUT2D eigenvalue weighted by Gasteiger charge is 2.47. The number of ether oxygens (including phenoxy) is 1. The first kappa shape index (κ1) is 35.8. The maximum absolute atomic E-state index is 14.2. The van der Waals surface area contributed by atoms with E-state index in [1.807, 2.05) is 47.0 Å². The summed E-state index contributed by atoms with van der Waals surface area (Å²) < 4.78 is 7.72. The van der Waals surface area contributed by atoms with Crippen molar-refractivity contribution in [2.45, 2.75) is 129 Å². The highest BCUT2D eigenvalue weighted by molar-refractivity contribution is 5.99. The number of aromatic nitrogens is 3. The van der Waals surface area contributed by atoms with E-state index in [1.165, 1.54) is 5.56 Å². The summed E-state index contributed by atoms with van der Waals surface area (Å²) in [7, 11) is 0. The number of hydrogen-bond acceptors (Lipinski definition) is 6. The summed E-state index contributed by atoms with van der Waals surface area (Å²) in [5, 5.41) is 4.60. The van der Waals surface area contributed by atoms with Gasteiger partial charge in [-0.15, -0.1) is 0 Å². The second-order valence-corrected chi connectivity index (χ2v) is 16.3. The van der Waals surface area contributed by atoms with E-state index in [0.29, 0.717) is 17.7 Å². The predicted octanol–water partition coefficient (Wildman–Crippen LogP) is 8.65. The third-order valence-corrected chi connectivity index (χ3v) is 10.6. The summed E-state index contributed by atoms with van der Waals surface area (Å²) in [6, 6.07) is 13.4. The van der Waals surface area contributed by atoms with Gasteiger partial charge in [0.2, 0.25) is 5.91 Å². The lowest BCUT2D eigenvalue weighted by molar-refractivity contribution is -0.137. The van der Waals surface area contributed by atoms with E-state index < -0.39 is 17.1 Å². The minimum atomic E-state index is -0.770. The van der Waals surface area contributed by atoms with Gasteiger partial charge in [-0.25, -0.2) is 14.3 Å². The van der Waals surface area contributed by atoms with E-state index in [0.717, 1.165) is 96.9 Å². The van der Waals surface area contributed by atoms with E-state index in [2.05, 4.69) is 72.4 Å². The Morgan fingerprint density at radius 1 is 0.940 bits per heavy atom. The highest BCUT2D eigenvalue weighted by atomic mass is 16.6. The Kier molecular flexibility index (Phi) is 10.2. The van der Waals surface area contributed by atoms with Gasteiger partial charge in [-0.2, -0.15) is 0 Å². The van der Waals surface area contributed by atoms with E-state index in [-0.39, 0.29) is 11.8 Å². The van der Waals surface area contributed by atoms with Crippen molar-refractivity contribution >= 4 is 23.0 Å². The molecule has 8 nitrogen and oxygen atoms in total. The van der Waals surface area contributed by atoms with Crippen LogP contribution < -0.4 is 5.32 Å². The van der Waals surface area contributed by atoms with Crippen LogP contribution in [-0.2, 0) is 21.4 Å². The molecule has 2 aliphatic heterocycles. The van der Waals surface area contributed by atoms with Crippen LogP contribution in [0.4, 0.5) is 4.79 Å². The SMILES string of the molecule is Cc1cc(C)cc(-c2c([C@H](C)CNCCCCc3ccncc3)c3cc(C(C)(C)C(=O)N4C5CCC4CC5)cnc3n2C(=O)OC(C)(C)C)c1. The summed E-state index contributed by atoms with van der Waals surface area (Å²) in [4.78, 5) is 39.7. The van der Waals surface area contributed by atoms with Crippen LogP contribution in [0.3, 0.4) is 0 Å². The van der Waals surface area contributed by atoms with Crippen molar-refractivity contribution in [3.8, 4) is 11.3 Å². The van der Waals surface area contributed by atoms with Crippen molar-refractivity contribution in [1.82, 2.24) is 24.8 Å². The lowest BCUT2D eigenvalue weighted by atomic mass is 9.82. The predicted molar refractivity (Wildman–Crippen MR) is 201 cm³/mol. The Morgan fingerprint density at radius 3 is 2.20 bits per heavy atom. The van der Waals surface area contributed by atoms with Gasteiger partial charge in [0.25, 0.3) is 0 Å². The van der Waals surface area contributed by atoms with Gasteiger partial charge in [0.1, 0.15) is 11.2 Å². The number of benzene rings is 1. The summed E-state index contributed by atoms with van der Waals surface area (Å²) in [5.41, 5.74) is 6.31. The van der Waals surface area contributed by atoms with E-state index >= 15 is 0 Å². The zero-order chi connectivity index (χ0) is 35.8. The van der Waals surface area contributed by atoms with Crippen molar-refractivity contribution < 1.29 is 14.3 Å². The average Bonchev–Trinajstić information content (AvgIpc) is 3.76. The number of aryl methyl sites for hydroxylation is 3. The monoisotopic (exact) mass is 677 g/mol. The van der Waals surface area contributed by atoms with Gasteiger partial charge < -0.3 is 15.0 Å². The number of nitrogens with zero attached hydrogens (tertiary/aromatic N) is 4. The number of hydrogen-bond donors (Lipinski definition) is 1. The molecule has 266 valence electrons. The first-order chi connectivity index (χ1) is 23.7. The fourth-order valence-corrected chi connectivity index (χ4v) is 8.15. The molecular formula is C42H55N5O3. The molecule has 8 heteroatoms. The molecule has 0 aliphatic carbocycles. The van der Waals surface area contributed by atoms with Crippen LogP contribution in [0, 0.1) is 13.8 Å². The van der Waals surface area contributed by atoms with Crippen molar-refractivity contribution in [3.63, 3.8) is 0 Å².